The van der Waals surface area contributed by atoms with Crippen molar-refractivity contribution in [3.05, 3.63) is 138 Å². The first-order valence-corrected chi connectivity index (χ1v) is 13.3. The average Bonchev–Trinajstić information content (AvgIpc) is 3.32. The molecule has 7 rings (SSSR count). The number of fused-ring (bicyclic) bond motifs is 3. The topological polar surface area (TPSA) is 30.7 Å². The van der Waals surface area contributed by atoms with Crippen molar-refractivity contribution in [1.82, 2.24) is 14.5 Å². The second-order valence-corrected chi connectivity index (χ2v) is 10.2. The van der Waals surface area contributed by atoms with Gasteiger partial charge in [0.2, 0.25) is 0 Å². The molecule has 5 aromatic carbocycles. The van der Waals surface area contributed by atoms with Crippen LogP contribution in [0.3, 0.4) is 0 Å². The van der Waals surface area contributed by atoms with E-state index < -0.39 is 0 Å². The van der Waals surface area contributed by atoms with Crippen LogP contribution in [-0.4, -0.2) is 14.5 Å². The summed E-state index contributed by atoms with van der Waals surface area (Å²) in [6, 6.07) is 46.3. The number of hydrogen-bond acceptors (Lipinski definition) is 2. The second-order valence-electron chi connectivity index (χ2n) is 9.25. The molecule has 0 unspecified atom stereocenters. The van der Waals surface area contributed by atoms with E-state index in [-0.39, 0.29) is 0 Å². The van der Waals surface area contributed by atoms with E-state index in [1.165, 1.54) is 21.8 Å². The summed E-state index contributed by atoms with van der Waals surface area (Å²) in [4.78, 5) is 9.91. The summed E-state index contributed by atoms with van der Waals surface area (Å²) in [6.45, 7) is 0. The molecule has 0 aliphatic heterocycles. The number of halogens is 1. The normalized spacial score (nSPS) is 11.3. The predicted octanol–water partition coefficient (Wildman–Crippen LogP) is 9.34. The highest BCUT2D eigenvalue weighted by Gasteiger charge is 2.13. The maximum atomic E-state index is 4.99. The van der Waals surface area contributed by atoms with Gasteiger partial charge in [-0.15, -0.1) is 0 Å². The van der Waals surface area contributed by atoms with E-state index in [2.05, 4.69) is 111 Å². The molecule has 0 aliphatic carbocycles. The number of para-hydroxylation sites is 2. The molecule has 2 heterocycles. The van der Waals surface area contributed by atoms with Gasteiger partial charge in [0.1, 0.15) is 0 Å². The third kappa shape index (κ3) is 4.00. The van der Waals surface area contributed by atoms with Crippen LogP contribution in [-0.2, 0) is 0 Å². The van der Waals surface area contributed by atoms with Crippen molar-refractivity contribution in [2.24, 2.45) is 0 Å². The monoisotopic (exact) mass is 551 g/mol. The molecule has 0 aliphatic rings. The van der Waals surface area contributed by atoms with E-state index in [4.69, 9.17) is 9.97 Å². The van der Waals surface area contributed by atoms with Crippen LogP contribution in [0.15, 0.2) is 138 Å². The fourth-order valence-corrected chi connectivity index (χ4v) is 5.33. The Kier molecular flexibility index (Phi) is 5.60. The zero-order chi connectivity index (χ0) is 25.5. The van der Waals surface area contributed by atoms with Crippen LogP contribution in [0.2, 0.25) is 0 Å². The van der Waals surface area contributed by atoms with E-state index >= 15 is 0 Å². The minimum absolute atomic E-state index is 0.709. The number of nitrogens with zero attached hydrogens (tertiary/aromatic N) is 3. The molecule has 2 aromatic heterocycles. The van der Waals surface area contributed by atoms with Gasteiger partial charge in [-0.25, -0.2) is 9.97 Å². The molecule has 0 amide bonds. The minimum atomic E-state index is 0.709. The van der Waals surface area contributed by atoms with Crippen molar-refractivity contribution < 1.29 is 0 Å². The highest BCUT2D eigenvalue weighted by atomic mass is 79.9. The first-order chi connectivity index (χ1) is 18.7. The molecule has 0 saturated carbocycles. The van der Waals surface area contributed by atoms with Crippen LogP contribution >= 0.6 is 15.9 Å². The second kappa shape index (κ2) is 9.40. The van der Waals surface area contributed by atoms with Crippen LogP contribution in [0.1, 0.15) is 0 Å². The number of rotatable bonds is 4. The summed E-state index contributed by atoms with van der Waals surface area (Å²) in [6.07, 6.45) is 0. The van der Waals surface area contributed by atoms with Crippen LogP contribution in [0.5, 0.6) is 0 Å². The van der Waals surface area contributed by atoms with Crippen molar-refractivity contribution in [3.8, 4) is 39.6 Å². The first kappa shape index (κ1) is 22.6. The summed E-state index contributed by atoms with van der Waals surface area (Å²) in [5.74, 6) is 0.709. The fraction of sp³-hybridized carbons (Fsp3) is 0. The SMILES string of the molecule is Brc1ccc(-c2nc(-c3ccccc3)cc(-c3ccc(-n4c5ccccc5c5ccccc54)cc3)n2)cc1. The van der Waals surface area contributed by atoms with E-state index in [1.807, 2.05) is 42.5 Å². The molecule has 3 nitrogen and oxygen atoms in total. The number of benzene rings is 5. The Morgan fingerprint density at radius 1 is 0.474 bits per heavy atom. The summed E-state index contributed by atoms with van der Waals surface area (Å²) in [5, 5.41) is 2.52. The van der Waals surface area contributed by atoms with Crippen molar-refractivity contribution in [1.29, 1.82) is 0 Å². The van der Waals surface area contributed by atoms with E-state index in [0.717, 1.165) is 38.2 Å². The molecular weight excluding hydrogens is 530 g/mol. The average molecular weight is 552 g/mol. The molecule has 0 fully saturated rings. The Hall–Kier alpha value is -4.54. The molecule has 0 spiro atoms. The lowest BCUT2D eigenvalue weighted by atomic mass is 10.1. The third-order valence-electron chi connectivity index (χ3n) is 6.90. The van der Waals surface area contributed by atoms with Gasteiger partial charge in [-0.2, -0.15) is 0 Å². The third-order valence-corrected chi connectivity index (χ3v) is 7.43. The van der Waals surface area contributed by atoms with Gasteiger partial charge in [-0.05, 0) is 42.5 Å². The van der Waals surface area contributed by atoms with Gasteiger partial charge >= 0.3 is 0 Å². The van der Waals surface area contributed by atoms with Gasteiger partial charge in [0.25, 0.3) is 0 Å². The van der Waals surface area contributed by atoms with E-state index in [9.17, 15) is 0 Å². The zero-order valence-corrected chi connectivity index (χ0v) is 22.0. The lowest BCUT2D eigenvalue weighted by Crippen LogP contribution is -1.97. The van der Waals surface area contributed by atoms with Gasteiger partial charge in [0.15, 0.2) is 5.82 Å². The van der Waals surface area contributed by atoms with Crippen molar-refractivity contribution in [2.75, 3.05) is 0 Å². The standard InChI is InChI=1S/C34H22BrN3/c35-26-18-14-25(15-19-26)34-36-30(23-8-2-1-3-9-23)22-31(37-34)24-16-20-27(21-17-24)38-32-12-6-4-10-28(32)29-11-5-7-13-33(29)38/h1-22H. The Labute approximate surface area is 229 Å². The van der Waals surface area contributed by atoms with E-state index in [1.54, 1.807) is 0 Å². The molecule has 7 aromatic rings. The van der Waals surface area contributed by atoms with Crippen LogP contribution < -0.4 is 0 Å². The van der Waals surface area contributed by atoms with Crippen LogP contribution in [0.25, 0.3) is 61.4 Å². The number of aromatic nitrogens is 3. The highest BCUT2D eigenvalue weighted by molar-refractivity contribution is 9.10. The first-order valence-electron chi connectivity index (χ1n) is 12.5. The highest BCUT2D eigenvalue weighted by Crippen LogP contribution is 2.33. The molecule has 0 atom stereocenters. The Balaban J connectivity index is 1.36. The van der Waals surface area contributed by atoms with Gasteiger partial charge < -0.3 is 4.57 Å². The summed E-state index contributed by atoms with van der Waals surface area (Å²) < 4.78 is 3.36. The van der Waals surface area contributed by atoms with Gasteiger partial charge in [-0.3, -0.25) is 0 Å². The van der Waals surface area contributed by atoms with Crippen molar-refractivity contribution >= 4 is 37.7 Å². The fourth-order valence-electron chi connectivity index (χ4n) is 5.06. The molecule has 4 heteroatoms. The van der Waals surface area contributed by atoms with Crippen molar-refractivity contribution in [2.45, 2.75) is 0 Å². The molecule has 0 saturated heterocycles. The maximum absolute atomic E-state index is 4.99. The maximum Gasteiger partial charge on any atom is 0.160 e. The summed E-state index contributed by atoms with van der Waals surface area (Å²) in [5.41, 5.74) is 8.42. The molecule has 180 valence electrons. The molecule has 38 heavy (non-hydrogen) atoms. The smallest absolute Gasteiger partial charge is 0.160 e. The quantitative estimate of drug-likeness (QED) is 0.218. The lowest BCUT2D eigenvalue weighted by molar-refractivity contribution is 1.17. The molecule has 0 N–H and O–H groups in total. The van der Waals surface area contributed by atoms with Crippen LogP contribution in [0, 0.1) is 0 Å². The number of hydrogen-bond donors (Lipinski definition) is 0. The predicted molar refractivity (Wildman–Crippen MR) is 160 cm³/mol. The largest absolute Gasteiger partial charge is 0.309 e. The van der Waals surface area contributed by atoms with E-state index in [0.29, 0.717) is 5.82 Å². The van der Waals surface area contributed by atoms with Gasteiger partial charge in [-0.1, -0.05) is 107 Å². The lowest BCUT2D eigenvalue weighted by Gasteiger charge is -2.11. The van der Waals surface area contributed by atoms with Crippen LogP contribution in [0.4, 0.5) is 0 Å². The Morgan fingerprint density at radius 3 is 1.58 bits per heavy atom. The summed E-state index contributed by atoms with van der Waals surface area (Å²) in [7, 11) is 0. The zero-order valence-electron chi connectivity index (χ0n) is 20.4. The molecule has 0 radical (unpaired) electrons. The minimum Gasteiger partial charge on any atom is -0.309 e. The van der Waals surface area contributed by atoms with Gasteiger partial charge in [0, 0.05) is 37.6 Å². The summed E-state index contributed by atoms with van der Waals surface area (Å²) >= 11 is 3.53. The Morgan fingerprint density at radius 2 is 0.974 bits per heavy atom. The van der Waals surface area contributed by atoms with Crippen molar-refractivity contribution in [3.63, 3.8) is 0 Å². The van der Waals surface area contributed by atoms with Gasteiger partial charge in [0.05, 0.1) is 22.4 Å². The molecular formula is C34H22BrN3. The molecule has 0 bridgehead atoms. The Bertz CT molecular complexity index is 1850.